The Kier molecular flexibility index (Phi) is 5.81. The van der Waals surface area contributed by atoms with Gasteiger partial charge in [-0.2, -0.15) is 0 Å². The van der Waals surface area contributed by atoms with Crippen LogP contribution in [0.5, 0.6) is 5.75 Å². The van der Waals surface area contributed by atoms with E-state index in [0.29, 0.717) is 18.1 Å². The quantitative estimate of drug-likeness (QED) is 0.214. The molecule has 0 aromatic carbocycles. The van der Waals surface area contributed by atoms with E-state index in [0.717, 1.165) is 19.3 Å². The highest BCUT2D eigenvalue weighted by molar-refractivity contribution is 5.95. The van der Waals surface area contributed by atoms with Gasteiger partial charge in [-0.25, -0.2) is 4.98 Å². The van der Waals surface area contributed by atoms with Crippen LogP contribution in [0.2, 0.25) is 0 Å². The Morgan fingerprint density at radius 1 is 1.35 bits per heavy atom. The highest BCUT2D eigenvalue weighted by Crippen LogP contribution is 2.09. The molecule has 0 aliphatic rings. The average molecular weight is 239 g/mol. The highest BCUT2D eigenvalue weighted by Gasteiger charge is 2.01. The van der Waals surface area contributed by atoms with Crippen LogP contribution in [-0.2, 0) is 0 Å². The number of hydrogen-bond donors (Lipinski definition) is 3. The van der Waals surface area contributed by atoms with Gasteiger partial charge in [0.05, 0.1) is 12.8 Å². The van der Waals surface area contributed by atoms with Crippen LogP contribution in [0.3, 0.4) is 0 Å². The lowest BCUT2D eigenvalue weighted by molar-refractivity contribution is 0.266. The molecule has 0 saturated carbocycles. The lowest BCUT2D eigenvalue weighted by atomic mass is 10.2. The molecule has 0 radical (unpaired) electrons. The molecule has 17 heavy (non-hydrogen) atoms. The first kappa shape index (κ1) is 13.2. The van der Waals surface area contributed by atoms with Gasteiger partial charge >= 0.3 is 0 Å². The summed E-state index contributed by atoms with van der Waals surface area (Å²) in [6.07, 6.45) is 4.15. The molecule has 0 atom stereocenters. The van der Waals surface area contributed by atoms with Crippen LogP contribution in [0.15, 0.2) is 23.5 Å². The molecule has 0 amide bonds. The van der Waals surface area contributed by atoms with Crippen molar-refractivity contribution < 1.29 is 15.1 Å². The van der Waals surface area contributed by atoms with Crippen LogP contribution >= 0.6 is 0 Å². The summed E-state index contributed by atoms with van der Waals surface area (Å²) in [6, 6.07) is 3.34. The SMILES string of the molecule is N/C(=N/O)c1ccc(OCCCCCO)cn1. The van der Waals surface area contributed by atoms with Crippen LogP contribution in [0.25, 0.3) is 0 Å². The number of hydrogen-bond acceptors (Lipinski definition) is 5. The number of nitrogens with two attached hydrogens (primary N) is 1. The maximum Gasteiger partial charge on any atom is 0.188 e. The number of aliphatic hydroxyl groups excluding tert-OH is 1. The van der Waals surface area contributed by atoms with Crippen molar-refractivity contribution in [3.63, 3.8) is 0 Å². The minimum absolute atomic E-state index is 0.0282. The van der Waals surface area contributed by atoms with Crippen LogP contribution in [0.1, 0.15) is 25.0 Å². The van der Waals surface area contributed by atoms with Crippen molar-refractivity contribution in [3.8, 4) is 5.75 Å². The van der Waals surface area contributed by atoms with Crippen LogP contribution in [-0.4, -0.2) is 34.3 Å². The van der Waals surface area contributed by atoms with E-state index in [4.69, 9.17) is 20.8 Å². The van der Waals surface area contributed by atoms with E-state index < -0.39 is 0 Å². The highest BCUT2D eigenvalue weighted by atomic mass is 16.5. The van der Waals surface area contributed by atoms with E-state index in [1.165, 1.54) is 6.20 Å². The molecule has 4 N–H and O–H groups in total. The number of ether oxygens (including phenoxy) is 1. The molecule has 0 bridgehead atoms. The minimum Gasteiger partial charge on any atom is -0.492 e. The van der Waals surface area contributed by atoms with Crippen LogP contribution in [0, 0.1) is 0 Å². The number of aromatic nitrogens is 1. The van der Waals surface area contributed by atoms with Crippen molar-refractivity contribution in [3.05, 3.63) is 24.0 Å². The first-order valence-electron chi connectivity index (χ1n) is 5.45. The largest absolute Gasteiger partial charge is 0.492 e. The molecule has 0 aliphatic heterocycles. The zero-order valence-electron chi connectivity index (χ0n) is 9.54. The summed E-state index contributed by atoms with van der Waals surface area (Å²) < 4.78 is 5.43. The van der Waals surface area contributed by atoms with Crippen molar-refractivity contribution in [1.82, 2.24) is 4.98 Å². The van der Waals surface area contributed by atoms with E-state index in [1.807, 2.05) is 0 Å². The van der Waals surface area contributed by atoms with Crippen molar-refractivity contribution in [2.45, 2.75) is 19.3 Å². The first-order valence-corrected chi connectivity index (χ1v) is 5.45. The standard InChI is InChI=1S/C11H17N3O3/c12-11(14-16)10-5-4-9(8-13-10)17-7-3-1-2-6-15/h4-5,8,15-16H,1-3,6-7H2,(H2,12,14). The zero-order valence-corrected chi connectivity index (χ0v) is 9.54. The molecule has 1 aromatic heterocycles. The Balaban J connectivity index is 2.35. The molecule has 0 unspecified atom stereocenters. The molecule has 1 heterocycles. The van der Waals surface area contributed by atoms with Gasteiger partial charge in [0.15, 0.2) is 5.84 Å². The molecule has 0 spiro atoms. The average Bonchev–Trinajstić information content (AvgIpc) is 2.38. The van der Waals surface area contributed by atoms with Gasteiger partial charge in [-0.1, -0.05) is 5.16 Å². The lowest BCUT2D eigenvalue weighted by Gasteiger charge is -2.05. The lowest BCUT2D eigenvalue weighted by Crippen LogP contribution is -2.14. The topological polar surface area (TPSA) is 101 Å². The fourth-order valence-corrected chi connectivity index (χ4v) is 1.25. The van der Waals surface area contributed by atoms with E-state index in [2.05, 4.69) is 10.1 Å². The van der Waals surface area contributed by atoms with Crippen molar-refractivity contribution in [2.75, 3.05) is 13.2 Å². The molecular formula is C11H17N3O3. The molecule has 1 rings (SSSR count). The summed E-state index contributed by atoms with van der Waals surface area (Å²) in [7, 11) is 0. The van der Waals surface area contributed by atoms with Gasteiger partial charge in [-0.3, -0.25) is 0 Å². The van der Waals surface area contributed by atoms with Crippen molar-refractivity contribution in [2.24, 2.45) is 10.9 Å². The summed E-state index contributed by atoms with van der Waals surface area (Å²) in [6.45, 7) is 0.806. The Labute approximate surface area is 99.7 Å². The van der Waals surface area contributed by atoms with E-state index in [1.54, 1.807) is 12.1 Å². The maximum absolute atomic E-state index is 8.59. The van der Waals surface area contributed by atoms with Gasteiger partial charge in [0, 0.05) is 6.61 Å². The molecule has 0 fully saturated rings. The molecule has 94 valence electrons. The summed E-state index contributed by atoms with van der Waals surface area (Å²) in [5, 5.41) is 19.9. The summed E-state index contributed by atoms with van der Waals surface area (Å²) in [5.74, 6) is 0.614. The number of rotatable bonds is 7. The van der Waals surface area contributed by atoms with Crippen LogP contribution < -0.4 is 10.5 Å². The summed E-state index contributed by atoms with van der Waals surface area (Å²) in [5.41, 5.74) is 5.78. The second kappa shape index (κ2) is 7.45. The Bertz CT molecular complexity index is 351. The number of aliphatic hydroxyl groups is 1. The van der Waals surface area contributed by atoms with Gasteiger partial charge in [0.1, 0.15) is 11.4 Å². The Morgan fingerprint density at radius 2 is 2.18 bits per heavy atom. The van der Waals surface area contributed by atoms with E-state index in [9.17, 15) is 0 Å². The molecule has 0 saturated heterocycles. The summed E-state index contributed by atoms with van der Waals surface area (Å²) in [4.78, 5) is 3.98. The normalized spacial score (nSPS) is 11.5. The van der Waals surface area contributed by atoms with Gasteiger partial charge < -0.3 is 20.8 Å². The monoisotopic (exact) mass is 239 g/mol. The fraction of sp³-hybridized carbons (Fsp3) is 0.455. The predicted molar refractivity (Wildman–Crippen MR) is 63.2 cm³/mol. The van der Waals surface area contributed by atoms with Gasteiger partial charge in [-0.05, 0) is 31.4 Å². The number of oxime groups is 1. The zero-order chi connectivity index (χ0) is 12.5. The fourth-order valence-electron chi connectivity index (χ4n) is 1.25. The predicted octanol–water partition coefficient (Wildman–Crippen LogP) is 0.717. The van der Waals surface area contributed by atoms with E-state index >= 15 is 0 Å². The molecule has 6 heteroatoms. The number of nitrogens with zero attached hydrogens (tertiary/aromatic N) is 2. The number of amidine groups is 1. The summed E-state index contributed by atoms with van der Waals surface area (Å²) >= 11 is 0. The maximum atomic E-state index is 8.59. The first-order chi connectivity index (χ1) is 8.27. The van der Waals surface area contributed by atoms with Crippen molar-refractivity contribution >= 4 is 5.84 Å². The second-order valence-corrected chi connectivity index (χ2v) is 3.50. The molecule has 0 aliphatic carbocycles. The van der Waals surface area contributed by atoms with Crippen molar-refractivity contribution in [1.29, 1.82) is 0 Å². The van der Waals surface area contributed by atoms with Crippen LogP contribution in [0.4, 0.5) is 0 Å². The van der Waals surface area contributed by atoms with Gasteiger partial charge in [-0.15, -0.1) is 0 Å². The molecular weight excluding hydrogens is 222 g/mol. The minimum atomic E-state index is -0.0282. The molecule has 6 nitrogen and oxygen atoms in total. The van der Waals surface area contributed by atoms with E-state index in [-0.39, 0.29) is 12.4 Å². The number of unbranched alkanes of at least 4 members (excludes halogenated alkanes) is 2. The second-order valence-electron chi connectivity index (χ2n) is 3.50. The third-order valence-corrected chi connectivity index (χ3v) is 2.18. The third kappa shape index (κ3) is 4.69. The van der Waals surface area contributed by atoms with Gasteiger partial charge in [0.25, 0.3) is 0 Å². The number of pyridine rings is 1. The smallest absolute Gasteiger partial charge is 0.188 e. The Morgan fingerprint density at radius 3 is 2.76 bits per heavy atom. The Hall–Kier alpha value is -1.82. The third-order valence-electron chi connectivity index (χ3n) is 2.18. The molecule has 1 aromatic rings. The van der Waals surface area contributed by atoms with Gasteiger partial charge in [0.2, 0.25) is 0 Å².